The maximum Gasteiger partial charge on any atom is 0.319 e. The third-order valence-electron chi connectivity index (χ3n) is 10.0. The average molecular weight is 618 g/mol. The molecule has 2 bridgehead atoms. The molecule has 8 nitrogen and oxygen atoms in total. The molecule has 3 aromatic carbocycles. The number of hydrogen-bond acceptors (Lipinski definition) is 8. The molecule has 0 amide bonds. The summed E-state index contributed by atoms with van der Waals surface area (Å²) in [6, 6.07) is 13.5. The number of aromatic nitrogens is 2. The number of benzene rings is 3. The molecular weight excluding hydrogens is 581 g/mol. The van der Waals surface area contributed by atoms with Gasteiger partial charge in [-0.25, -0.2) is 4.39 Å². The summed E-state index contributed by atoms with van der Waals surface area (Å²) in [7, 11) is 0. The summed E-state index contributed by atoms with van der Waals surface area (Å²) >= 11 is 6.87. The fourth-order valence-electron chi connectivity index (χ4n) is 7.83. The number of ether oxygens (including phenoxy) is 2. The third kappa shape index (κ3) is 5.13. The number of hydrogen-bond donors (Lipinski definition) is 2. The van der Waals surface area contributed by atoms with Crippen LogP contribution in [0.15, 0.2) is 42.5 Å². The van der Waals surface area contributed by atoms with Crippen molar-refractivity contribution in [3.8, 4) is 22.9 Å². The normalized spacial score (nSPS) is 25.2. The van der Waals surface area contributed by atoms with Crippen LogP contribution in [0, 0.1) is 11.2 Å². The maximum atomic E-state index is 16.7. The lowest BCUT2D eigenvalue weighted by molar-refractivity contribution is 0.151. The first-order chi connectivity index (χ1) is 21.4. The number of phenols is 1. The molecule has 230 valence electrons. The number of rotatable bonds is 7. The Morgan fingerprint density at radius 2 is 1.93 bits per heavy atom. The van der Waals surface area contributed by atoms with Crippen LogP contribution in [0.5, 0.6) is 11.8 Å². The third-order valence-corrected chi connectivity index (χ3v) is 10.3. The number of phenolic OH excluding ortho intramolecular Hbond substituents is 1. The van der Waals surface area contributed by atoms with E-state index >= 15 is 4.39 Å². The average Bonchev–Trinajstić information content (AvgIpc) is 3.75. The van der Waals surface area contributed by atoms with Crippen LogP contribution in [-0.4, -0.2) is 84.6 Å². The van der Waals surface area contributed by atoms with E-state index in [4.69, 9.17) is 26.1 Å². The fraction of sp³-hybridized carbons (Fsp3) is 0.471. The quantitative estimate of drug-likeness (QED) is 0.253. The molecule has 4 saturated heterocycles. The maximum absolute atomic E-state index is 16.7. The molecule has 0 saturated carbocycles. The van der Waals surface area contributed by atoms with Gasteiger partial charge in [-0.2, -0.15) is 9.97 Å². The van der Waals surface area contributed by atoms with Crippen molar-refractivity contribution in [2.75, 3.05) is 57.4 Å². The molecule has 44 heavy (non-hydrogen) atoms. The van der Waals surface area contributed by atoms with E-state index in [1.165, 1.54) is 6.42 Å². The Labute approximate surface area is 261 Å². The number of piperazine rings is 1. The molecule has 0 aliphatic carbocycles. The predicted molar refractivity (Wildman–Crippen MR) is 170 cm³/mol. The van der Waals surface area contributed by atoms with E-state index in [0.717, 1.165) is 82.4 Å². The van der Waals surface area contributed by atoms with Gasteiger partial charge in [0, 0.05) is 61.2 Å². The molecule has 1 aromatic heterocycles. The van der Waals surface area contributed by atoms with Crippen molar-refractivity contribution < 1.29 is 19.0 Å². The number of nitrogens with zero attached hydrogens (tertiary/aromatic N) is 4. The van der Waals surface area contributed by atoms with Gasteiger partial charge in [-0.05, 0) is 73.2 Å². The molecule has 4 aromatic rings. The highest BCUT2D eigenvalue weighted by atomic mass is 35.5. The smallest absolute Gasteiger partial charge is 0.319 e. The molecule has 4 fully saturated rings. The van der Waals surface area contributed by atoms with Crippen LogP contribution in [0.25, 0.3) is 32.8 Å². The van der Waals surface area contributed by atoms with Crippen LogP contribution in [0.2, 0.25) is 5.02 Å². The highest BCUT2D eigenvalue weighted by Crippen LogP contribution is 2.43. The standard InChI is InChI=1S/C34H37ClFN5O3/c35-28-16-27-31(30(36)29(28)26-15-24(42)14-21-4-1-2-5-25(21)26)38-33(39-32(27)41-17-22-6-7-23(18-41)37-22)44-12-3-10-40-11-8-34(19-40)9-13-43-20-34/h1-2,4-5,14-16,22-23,37,42H,3,6-13,17-20H2. The van der Waals surface area contributed by atoms with Gasteiger partial charge in [0.1, 0.15) is 17.1 Å². The number of halogens is 2. The zero-order valence-electron chi connectivity index (χ0n) is 24.7. The molecule has 3 atom stereocenters. The summed E-state index contributed by atoms with van der Waals surface area (Å²) in [6.45, 7) is 6.84. The number of fused-ring (bicyclic) bond motifs is 4. The molecule has 2 N–H and O–H groups in total. The summed E-state index contributed by atoms with van der Waals surface area (Å²) in [4.78, 5) is 14.2. The van der Waals surface area contributed by atoms with Gasteiger partial charge in [0.15, 0.2) is 5.82 Å². The summed E-state index contributed by atoms with van der Waals surface area (Å²) in [5.74, 6) is 0.151. The zero-order valence-corrected chi connectivity index (χ0v) is 25.5. The van der Waals surface area contributed by atoms with Crippen LogP contribution in [0.1, 0.15) is 32.1 Å². The minimum absolute atomic E-state index is 0.0438. The Hall–Kier alpha value is -3.24. The van der Waals surface area contributed by atoms with Crippen molar-refractivity contribution in [1.82, 2.24) is 20.2 Å². The SMILES string of the molecule is Oc1cc(-c2c(Cl)cc3c(N4CC5CCC(C4)N5)nc(OCCCN4CCC5(CCOC5)C4)nc3c2F)c2ccccc2c1. The molecule has 5 heterocycles. The minimum Gasteiger partial charge on any atom is -0.508 e. The van der Waals surface area contributed by atoms with Crippen molar-refractivity contribution in [3.05, 3.63) is 53.3 Å². The molecule has 4 aliphatic rings. The number of aromatic hydroxyl groups is 1. The topological polar surface area (TPSA) is 83.0 Å². The molecule has 1 spiro atoms. The van der Waals surface area contributed by atoms with Gasteiger partial charge >= 0.3 is 6.01 Å². The molecule has 4 aliphatic heterocycles. The number of anilines is 1. The van der Waals surface area contributed by atoms with E-state index in [0.29, 0.717) is 40.9 Å². The lowest BCUT2D eigenvalue weighted by Gasteiger charge is -2.34. The molecular formula is C34H37ClFN5O3. The fourth-order valence-corrected chi connectivity index (χ4v) is 8.12. The van der Waals surface area contributed by atoms with Gasteiger partial charge < -0.3 is 29.7 Å². The Kier molecular flexibility index (Phi) is 7.24. The van der Waals surface area contributed by atoms with Gasteiger partial charge in [0.05, 0.1) is 18.2 Å². The first kappa shape index (κ1) is 28.2. The predicted octanol–water partition coefficient (Wildman–Crippen LogP) is 5.77. The molecule has 0 radical (unpaired) electrons. The first-order valence-corrected chi connectivity index (χ1v) is 16.2. The lowest BCUT2D eigenvalue weighted by Crippen LogP contribution is -2.51. The second-order valence-corrected chi connectivity index (χ2v) is 13.5. The van der Waals surface area contributed by atoms with Crippen LogP contribution in [0.4, 0.5) is 10.2 Å². The van der Waals surface area contributed by atoms with Crippen LogP contribution in [-0.2, 0) is 4.74 Å². The highest BCUT2D eigenvalue weighted by molar-refractivity contribution is 6.35. The number of nitrogens with one attached hydrogen (secondary N) is 1. The Morgan fingerprint density at radius 3 is 2.75 bits per heavy atom. The summed E-state index contributed by atoms with van der Waals surface area (Å²) < 4.78 is 28.6. The first-order valence-electron chi connectivity index (χ1n) is 15.8. The summed E-state index contributed by atoms with van der Waals surface area (Å²) in [6.07, 6.45) is 5.39. The summed E-state index contributed by atoms with van der Waals surface area (Å²) in [5, 5.41) is 16.6. The van der Waals surface area contributed by atoms with E-state index in [9.17, 15) is 5.11 Å². The van der Waals surface area contributed by atoms with E-state index in [-0.39, 0.29) is 27.9 Å². The summed E-state index contributed by atoms with van der Waals surface area (Å²) in [5.41, 5.74) is 1.23. The number of likely N-dealkylation sites (tertiary alicyclic amines) is 1. The van der Waals surface area contributed by atoms with Crippen molar-refractivity contribution in [3.63, 3.8) is 0 Å². The lowest BCUT2D eigenvalue weighted by atomic mass is 9.87. The van der Waals surface area contributed by atoms with Gasteiger partial charge in [-0.3, -0.25) is 0 Å². The van der Waals surface area contributed by atoms with Gasteiger partial charge in [-0.1, -0.05) is 35.9 Å². The Balaban J connectivity index is 1.13. The van der Waals surface area contributed by atoms with E-state index in [2.05, 4.69) is 20.1 Å². The van der Waals surface area contributed by atoms with E-state index in [1.807, 2.05) is 24.3 Å². The van der Waals surface area contributed by atoms with Gasteiger partial charge in [0.2, 0.25) is 0 Å². The van der Waals surface area contributed by atoms with Gasteiger partial charge in [0.25, 0.3) is 0 Å². The van der Waals surface area contributed by atoms with E-state index in [1.54, 1.807) is 18.2 Å². The second kappa shape index (κ2) is 11.3. The van der Waals surface area contributed by atoms with Crippen molar-refractivity contribution >= 4 is 39.1 Å². The van der Waals surface area contributed by atoms with E-state index < -0.39 is 5.82 Å². The van der Waals surface area contributed by atoms with Crippen molar-refractivity contribution in [2.24, 2.45) is 5.41 Å². The minimum atomic E-state index is -0.545. The second-order valence-electron chi connectivity index (χ2n) is 13.1. The monoisotopic (exact) mass is 617 g/mol. The Bertz CT molecular complexity index is 1720. The van der Waals surface area contributed by atoms with Crippen molar-refractivity contribution in [2.45, 2.75) is 44.2 Å². The largest absolute Gasteiger partial charge is 0.508 e. The van der Waals surface area contributed by atoms with Crippen LogP contribution in [0.3, 0.4) is 0 Å². The highest BCUT2D eigenvalue weighted by Gasteiger charge is 2.41. The Morgan fingerprint density at radius 1 is 1.09 bits per heavy atom. The van der Waals surface area contributed by atoms with Crippen LogP contribution < -0.4 is 15.0 Å². The van der Waals surface area contributed by atoms with Crippen LogP contribution >= 0.6 is 11.6 Å². The molecule has 10 heteroatoms. The molecule has 8 rings (SSSR count). The van der Waals surface area contributed by atoms with Crippen molar-refractivity contribution in [1.29, 1.82) is 0 Å². The zero-order chi connectivity index (χ0) is 29.8. The molecule has 3 unspecified atom stereocenters. The van der Waals surface area contributed by atoms with Gasteiger partial charge in [-0.15, -0.1) is 0 Å².